The molecule has 0 radical (unpaired) electrons. The van der Waals surface area contributed by atoms with Crippen LogP contribution in [0.4, 0.5) is 23.0 Å². The standard InChI is InChI=1S/C10H12ClN3O4.C10H14ClN3O2/c1-17-7-6-8(13-2-4-18-5-3-13)12-10(11)9(7)14(15)16;1-15-7-6-8(13-10(11)9(7)12)14-2-4-16-5-3-14/h6H,2-5H2,1H3;6H,2-5,12H2,1H3. The topological polar surface area (TPSA) is 138 Å². The fourth-order valence-electron chi connectivity index (χ4n) is 3.36. The van der Waals surface area contributed by atoms with E-state index in [1.165, 1.54) is 13.2 Å². The highest BCUT2D eigenvalue weighted by molar-refractivity contribution is 6.32. The summed E-state index contributed by atoms with van der Waals surface area (Å²) in [4.78, 5) is 22.6. The van der Waals surface area contributed by atoms with Gasteiger partial charge in [0.25, 0.3) is 0 Å². The molecule has 2 aliphatic heterocycles. The molecule has 2 saturated heterocycles. The van der Waals surface area contributed by atoms with Crippen LogP contribution in [0.2, 0.25) is 10.3 Å². The average molecular weight is 517 g/mol. The van der Waals surface area contributed by atoms with Gasteiger partial charge in [-0.2, -0.15) is 0 Å². The van der Waals surface area contributed by atoms with Gasteiger partial charge in [0.05, 0.1) is 45.6 Å². The predicted octanol–water partition coefficient (Wildman–Crippen LogP) is 2.65. The number of hydrogen-bond acceptors (Lipinski definition) is 11. The summed E-state index contributed by atoms with van der Waals surface area (Å²) in [6.07, 6.45) is 0. The minimum Gasteiger partial charge on any atom is -0.494 e. The molecule has 2 aliphatic rings. The van der Waals surface area contributed by atoms with Crippen molar-refractivity contribution in [2.45, 2.75) is 0 Å². The van der Waals surface area contributed by atoms with Crippen molar-refractivity contribution in [3.8, 4) is 11.5 Å². The van der Waals surface area contributed by atoms with Gasteiger partial charge in [0, 0.05) is 38.3 Å². The van der Waals surface area contributed by atoms with Gasteiger partial charge in [0.15, 0.2) is 5.15 Å². The van der Waals surface area contributed by atoms with E-state index in [1.807, 2.05) is 4.90 Å². The van der Waals surface area contributed by atoms with E-state index in [2.05, 4.69) is 14.9 Å². The van der Waals surface area contributed by atoms with E-state index in [1.54, 1.807) is 13.2 Å². The average Bonchev–Trinajstić information content (AvgIpc) is 2.86. The number of anilines is 3. The minimum atomic E-state index is -0.600. The molecule has 2 fully saturated rings. The molecule has 0 unspecified atom stereocenters. The molecule has 0 atom stereocenters. The fourth-order valence-corrected chi connectivity index (χ4v) is 3.79. The molecule has 0 bridgehead atoms. The van der Waals surface area contributed by atoms with Gasteiger partial charge >= 0.3 is 5.69 Å². The van der Waals surface area contributed by atoms with E-state index in [0.717, 1.165) is 18.9 Å². The Bertz CT molecular complexity index is 1000. The lowest BCUT2D eigenvalue weighted by Crippen LogP contribution is -2.36. The lowest BCUT2D eigenvalue weighted by molar-refractivity contribution is -0.385. The summed E-state index contributed by atoms with van der Waals surface area (Å²) in [7, 11) is 2.92. The maximum absolute atomic E-state index is 10.9. The summed E-state index contributed by atoms with van der Waals surface area (Å²) in [5.41, 5.74) is 5.80. The second-order valence-electron chi connectivity index (χ2n) is 7.17. The highest BCUT2D eigenvalue weighted by atomic mass is 35.5. The zero-order valence-electron chi connectivity index (χ0n) is 18.8. The van der Waals surface area contributed by atoms with Gasteiger partial charge < -0.3 is 34.5 Å². The number of rotatable bonds is 5. The molecular formula is C20H26Cl2N6O6. The van der Waals surface area contributed by atoms with Gasteiger partial charge in [-0.1, -0.05) is 23.2 Å². The Kier molecular flexibility index (Phi) is 9.16. The molecule has 186 valence electrons. The molecule has 2 aromatic rings. The van der Waals surface area contributed by atoms with Crippen molar-refractivity contribution < 1.29 is 23.9 Å². The van der Waals surface area contributed by atoms with Gasteiger partial charge in [0.2, 0.25) is 10.9 Å². The van der Waals surface area contributed by atoms with E-state index < -0.39 is 4.92 Å². The molecule has 34 heavy (non-hydrogen) atoms. The molecule has 0 aromatic carbocycles. The fraction of sp³-hybridized carbons (Fsp3) is 0.500. The van der Waals surface area contributed by atoms with Crippen LogP contribution in [-0.4, -0.2) is 81.7 Å². The van der Waals surface area contributed by atoms with Crippen molar-refractivity contribution in [2.24, 2.45) is 0 Å². The quantitative estimate of drug-likeness (QED) is 0.356. The number of nitrogen functional groups attached to an aromatic ring is 1. The van der Waals surface area contributed by atoms with Gasteiger partial charge in [0.1, 0.15) is 23.1 Å². The van der Waals surface area contributed by atoms with E-state index in [-0.39, 0.29) is 21.7 Å². The van der Waals surface area contributed by atoms with Crippen LogP contribution < -0.4 is 25.0 Å². The van der Waals surface area contributed by atoms with Crippen molar-refractivity contribution in [3.63, 3.8) is 0 Å². The van der Waals surface area contributed by atoms with Crippen LogP contribution in [-0.2, 0) is 9.47 Å². The van der Waals surface area contributed by atoms with Gasteiger partial charge in [-0.25, -0.2) is 9.97 Å². The third-order valence-electron chi connectivity index (χ3n) is 5.15. The molecule has 0 saturated carbocycles. The second-order valence-corrected chi connectivity index (χ2v) is 7.88. The zero-order valence-corrected chi connectivity index (χ0v) is 20.3. The van der Waals surface area contributed by atoms with E-state index in [0.29, 0.717) is 56.8 Å². The lowest BCUT2D eigenvalue weighted by Gasteiger charge is -2.28. The number of nitrogens with zero attached hydrogens (tertiary/aromatic N) is 5. The van der Waals surface area contributed by atoms with Crippen molar-refractivity contribution in [2.75, 3.05) is 82.4 Å². The first-order valence-corrected chi connectivity index (χ1v) is 11.2. The zero-order chi connectivity index (χ0) is 24.7. The van der Waals surface area contributed by atoms with Crippen molar-refractivity contribution in [3.05, 3.63) is 32.6 Å². The summed E-state index contributed by atoms with van der Waals surface area (Å²) >= 11 is 11.8. The molecule has 2 aromatic heterocycles. The number of hydrogen-bond donors (Lipinski definition) is 1. The number of aromatic nitrogens is 2. The Morgan fingerprint density at radius 3 is 1.79 bits per heavy atom. The molecule has 0 amide bonds. The van der Waals surface area contributed by atoms with Crippen molar-refractivity contribution in [1.29, 1.82) is 0 Å². The Balaban J connectivity index is 0.000000192. The number of halogens is 2. The summed E-state index contributed by atoms with van der Waals surface area (Å²) in [6.45, 7) is 5.54. The van der Waals surface area contributed by atoms with Crippen LogP contribution in [0.1, 0.15) is 0 Å². The smallest absolute Gasteiger partial charge is 0.348 e. The monoisotopic (exact) mass is 516 g/mol. The van der Waals surface area contributed by atoms with Crippen LogP contribution in [0.5, 0.6) is 11.5 Å². The number of ether oxygens (including phenoxy) is 4. The molecule has 2 N–H and O–H groups in total. The first kappa shape index (κ1) is 25.8. The van der Waals surface area contributed by atoms with Gasteiger partial charge in [-0.05, 0) is 0 Å². The van der Waals surface area contributed by atoms with Crippen molar-refractivity contribution in [1.82, 2.24) is 9.97 Å². The molecule has 12 nitrogen and oxygen atoms in total. The number of methoxy groups -OCH3 is 2. The first-order valence-electron chi connectivity index (χ1n) is 10.4. The SMILES string of the molecule is COc1cc(N2CCOCC2)nc(Cl)c1N.COc1cc(N2CCOCC2)nc(Cl)c1[N+](=O)[O-]. The molecule has 14 heteroatoms. The molecule has 0 spiro atoms. The van der Waals surface area contributed by atoms with Crippen LogP contribution in [0, 0.1) is 10.1 Å². The van der Waals surface area contributed by atoms with Gasteiger partial charge in [-0.15, -0.1) is 0 Å². The van der Waals surface area contributed by atoms with Gasteiger partial charge in [-0.3, -0.25) is 10.1 Å². The summed E-state index contributed by atoms with van der Waals surface area (Å²) in [5, 5.41) is 11.0. The second kappa shape index (κ2) is 12.1. The largest absolute Gasteiger partial charge is 0.494 e. The summed E-state index contributed by atoms with van der Waals surface area (Å²) in [5.74, 6) is 2.01. The van der Waals surface area contributed by atoms with Crippen LogP contribution in [0.3, 0.4) is 0 Å². The summed E-state index contributed by atoms with van der Waals surface area (Å²) < 4.78 is 20.6. The molecule has 0 aliphatic carbocycles. The lowest BCUT2D eigenvalue weighted by atomic mass is 10.3. The Morgan fingerprint density at radius 1 is 0.912 bits per heavy atom. The number of nitrogens with two attached hydrogens (primary N) is 1. The highest BCUT2D eigenvalue weighted by Crippen LogP contribution is 2.36. The Morgan fingerprint density at radius 2 is 1.35 bits per heavy atom. The van der Waals surface area contributed by atoms with Crippen LogP contribution >= 0.6 is 23.2 Å². The normalized spacial score (nSPS) is 15.9. The molecule has 4 rings (SSSR count). The predicted molar refractivity (Wildman–Crippen MR) is 129 cm³/mol. The Hall–Kier alpha value is -2.80. The maximum Gasteiger partial charge on any atom is 0.348 e. The summed E-state index contributed by atoms with van der Waals surface area (Å²) in [6, 6.07) is 3.32. The van der Waals surface area contributed by atoms with E-state index in [4.69, 9.17) is 47.9 Å². The van der Waals surface area contributed by atoms with Crippen LogP contribution in [0.15, 0.2) is 12.1 Å². The molecular weight excluding hydrogens is 491 g/mol. The first-order chi connectivity index (χ1) is 16.3. The van der Waals surface area contributed by atoms with E-state index in [9.17, 15) is 10.1 Å². The van der Waals surface area contributed by atoms with Crippen LogP contribution in [0.25, 0.3) is 0 Å². The maximum atomic E-state index is 10.9. The number of morpholine rings is 2. The van der Waals surface area contributed by atoms with E-state index >= 15 is 0 Å². The highest BCUT2D eigenvalue weighted by Gasteiger charge is 2.25. The molecule has 4 heterocycles. The number of pyridine rings is 2. The third kappa shape index (κ3) is 6.20. The van der Waals surface area contributed by atoms with Crippen molar-refractivity contribution >= 4 is 46.2 Å². The number of nitro groups is 1. The third-order valence-corrected chi connectivity index (χ3v) is 5.71. The minimum absolute atomic E-state index is 0.112. The Labute approximate surface area is 206 Å².